The Balaban J connectivity index is 1.64. The number of pyridine rings is 1. The van der Waals surface area contributed by atoms with Crippen LogP contribution in [0.3, 0.4) is 0 Å². The second-order valence-corrected chi connectivity index (χ2v) is 5.48. The average molecular weight is 279 g/mol. The second-order valence-electron chi connectivity index (χ2n) is 5.48. The maximum absolute atomic E-state index is 12.9. The third-order valence-corrected chi connectivity index (χ3v) is 3.76. The van der Waals surface area contributed by atoms with Gasteiger partial charge in [-0.05, 0) is 56.9 Å². The molecule has 20 heavy (non-hydrogen) atoms. The quantitative estimate of drug-likeness (QED) is 0.663. The Kier molecular flexibility index (Phi) is 5.47. The first-order valence-electron chi connectivity index (χ1n) is 7.28. The molecule has 1 aliphatic heterocycles. The van der Waals surface area contributed by atoms with Crippen molar-refractivity contribution in [3.63, 3.8) is 0 Å². The standard InChI is InChI=1S/C15H22FN3O/c1-12-6-10-19(11-7-12)9-3-8-17-15(20)13-4-2-5-14(16)18-13/h2,4-5,12H,3,6-11H2,1H3,(H,17,20). The van der Waals surface area contributed by atoms with Crippen LogP contribution in [0, 0.1) is 11.9 Å². The number of nitrogens with zero attached hydrogens (tertiary/aromatic N) is 2. The number of rotatable bonds is 5. The highest BCUT2D eigenvalue weighted by Crippen LogP contribution is 2.15. The first-order chi connectivity index (χ1) is 9.65. The molecule has 0 unspecified atom stereocenters. The monoisotopic (exact) mass is 279 g/mol. The molecule has 1 fully saturated rings. The van der Waals surface area contributed by atoms with E-state index in [2.05, 4.69) is 22.1 Å². The highest BCUT2D eigenvalue weighted by Gasteiger charge is 2.15. The van der Waals surface area contributed by atoms with E-state index >= 15 is 0 Å². The zero-order chi connectivity index (χ0) is 14.4. The highest BCUT2D eigenvalue weighted by atomic mass is 19.1. The van der Waals surface area contributed by atoms with Crippen molar-refractivity contribution in [3.05, 3.63) is 29.8 Å². The molecule has 1 aromatic heterocycles. The molecule has 110 valence electrons. The molecule has 0 spiro atoms. The number of hydrogen-bond acceptors (Lipinski definition) is 3. The maximum atomic E-state index is 12.9. The molecule has 2 heterocycles. The molecule has 1 aliphatic rings. The predicted molar refractivity (Wildman–Crippen MR) is 76.0 cm³/mol. The van der Waals surface area contributed by atoms with Crippen molar-refractivity contribution in [3.8, 4) is 0 Å². The summed E-state index contributed by atoms with van der Waals surface area (Å²) in [6.07, 6.45) is 3.44. The van der Waals surface area contributed by atoms with Gasteiger partial charge in [0.25, 0.3) is 5.91 Å². The number of hydrogen-bond donors (Lipinski definition) is 1. The molecule has 0 bridgehead atoms. The van der Waals surface area contributed by atoms with Crippen LogP contribution in [0.25, 0.3) is 0 Å². The van der Waals surface area contributed by atoms with Gasteiger partial charge in [0.2, 0.25) is 5.95 Å². The van der Waals surface area contributed by atoms with Crippen LogP contribution >= 0.6 is 0 Å². The van der Waals surface area contributed by atoms with E-state index in [4.69, 9.17) is 0 Å². The number of likely N-dealkylation sites (tertiary alicyclic amines) is 1. The number of amides is 1. The lowest BCUT2D eigenvalue weighted by molar-refractivity contribution is 0.0944. The zero-order valence-electron chi connectivity index (χ0n) is 11.9. The third kappa shape index (κ3) is 4.56. The number of carbonyl (C=O) groups is 1. The van der Waals surface area contributed by atoms with Crippen LogP contribution in [-0.2, 0) is 0 Å². The Labute approximate surface area is 119 Å². The topological polar surface area (TPSA) is 45.2 Å². The van der Waals surface area contributed by atoms with Crippen molar-refractivity contribution in [2.75, 3.05) is 26.2 Å². The van der Waals surface area contributed by atoms with Crippen LogP contribution in [0.5, 0.6) is 0 Å². The maximum Gasteiger partial charge on any atom is 0.269 e. The van der Waals surface area contributed by atoms with Crippen molar-refractivity contribution < 1.29 is 9.18 Å². The number of carbonyl (C=O) groups excluding carboxylic acids is 1. The van der Waals surface area contributed by atoms with Crippen LogP contribution in [-0.4, -0.2) is 42.0 Å². The van der Waals surface area contributed by atoms with Gasteiger partial charge in [-0.15, -0.1) is 0 Å². The molecule has 4 nitrogen and oxygen atoms in total. The lowest BCUT2D eigenvalue weighted by Crippen LogP contribution is -2.35. The summed E-state index contributed by atoms with van der Waals surface area (Å²) in [5.74, 6) is -0.0955. The van der Waals surface area contributed by atoms with Gasteiger partial charge in [-0.2, -0.15) is 4.39 Å². The fourth-order valence-corrected chi connectivity index (χ4v) is 2.42. The van der Waals surface area contributed by atoms with E-state index in [-0.39, 0.29) is 11.6 Å². The van der Waals surface area contributed by atoms with E-state index in [0.29, 0.717) is 6.54 Å². The molecule has 0 aliphatic carbocycles. The molecular weight excluding hydrogens is 257 g/mol. The van der Waals surface area contributed by atoms with E-state index in [1.54, 1.807) is 0 Å². The van der Waals surface area contributed by atoms with Gasteiger partial charge in [0.1, 0.15) is 5.69 Å². The van der Waals surface area contributed by atoms with Gasteiger partial charge in [0, 0.05) is 6.54 Å². The van der Waals surface area contributed by atoms with E-state index in [1.807, 2.05) is 0 Å². The summed E-state index contributed by atoms with van der Waals surface area (Å²) < 4.78 is 12.9. The average Bonchev–Trinajstić information content (AvgIpc) is 2.45. The predicted octanol–water partition coefficient (Wildman–Crippen LogP) is 2.07. The summed E-state index contributed by atoms with van der Waals surface area (Å²) in [6.45, 7) is 6.21. The number of piperidine rings is 1. The smallest absolute Gasteiger partial charge is 0.269 e. The van der Waals surface area contributed by atoms with Crippen LogP contribution < -0.4 is 5.32 Å². The Bertz CT molecular complexity index is 444. The molecule has 5 heteroatoms. The van der Waals surface area contributed by atoms with Crippen molar-refractivity contribution in [1.82, 2.24) is 15.2 Å². The van der Waals surface area contributed by atoms with E-state index in [9.17, 15) is 9.18 Å². The third-order valence-electron chi connectivity index (χ3n) is 3.76. The zero-order valence-corrected chi connectivity index (χ0v) is 11.9. The molecule has 1 amide bonds. The molecular formula is C15H22FN3O. The van der Waals surface area contributed by atoms with Gasteiger partial charge in [0.05, 0.1) is 0 Å². The summed E-state index contributed by atoms with van der Waals surface area (Å²) in [7, 11) is 0. The minimum Gasteiger partial charge on any atom is -0.351 e. The molecule has 2 rings (SSSR count). The minimum atomic E-state index is -0.625. The Morgan fingerprint density at radius 1 is 1.45 bits per heavy atom. The molecule has 0 aromatic carbocycles. The number of halogens is 1. The minimum absolute atomic E-state index is 0.136. The summed E-state index contributed by atoms with van der Waals surface area (Å²) >= 11 is 0. The van der Waals surface area contributed by atoms with Crippen LogP contribution in [0.4, 0.5) is 4.39 Å². The Morgan fingerprint density at radius 2 is 2.20 bits per heavy atom. The largest absolute Gasteiger partial charge is 0.351 e. The summed E-state index contributed by atoms with van der Waals surface area (Å²) in [5, 5.41) is 2.78. The van der Waals surface area contributed by atoms with Gasteiger partial charge in [-0.1, -0.05) is 13.0 Å². The summed E-state index contributed by atoms with van der Waals surface area (Å²) in [4.78, 5) is 17.7. The molecule has 1 N–H and O–H groups in total. The molecule has 0 atom stereocenters. The van der Waals surface area contributed by atoms with Crippen LogP contribution in [0.15, 0.2) is 18.2 Å². The van der Waals surface area contributed by atoms with Crippen molar-refractivity contribution in [2.45, 2.75) is 26.2 Å². The second kappa shape index (κ2) is 7.33. The molecule has 0 saturated carbocycles. The number of nitrogens with one attached hydrogen (secondary N) is 1. The fraction of sp³-hybridized carbons (Fsp3) is 0.600. The van der Waals surface area contributed by atoms with E-state index in [0.717, 1.165) is 32.0 Å². The fourth-order valence-electron chi connectivity index (χ4n) is 2.42. The highest BCUT2D eigenvalue weighted by molar-refractivity contribution is 5.92. The molecule has 1 aromatic rings. The first kappa shape index (κ1) is 14.9. The lowest BCUT2D eigenvalue weighted by atomic mass is 9.99. The van der Waals surface area contributed by atoms with Gasteiger partial charge >= 0.3 is 0 Å². The van der Waals surface area contributed by atoms with Crippen molar-refractivity contribution in [2.24, 2.45) is 5.92 Å². The SMILES string of the molecule is CC1CCN(CCCNC(=O)c2cccc(F)n2)CC1. The van der Waals surface area contributed by atoms with E-state index in [1.165, 1.54) is 31.0 Å². The number of aromatic nitrogens is 1. The summed E-state index contributed by atoms with van der Waals surface area (Å²) in [6, 6.07) is 4.24. The van der Waals surface area contributed by atoms with Crippen molar-refractivity contribution in [1.29, 1.82) is 0 Å². The van der Waals surface area contributed by atoms with Gasteiger partial charge < -0.3 is 10.2 Å². The first-order valence-corrected chi connectivity index (χ1v) is 7.28. The molecule has 1 saturated heterocycles. The lowest BCUT2D eigenvalue weighted by Gasteiger charge is -2.30. The molecule has 0 radical (unpaired) electrons. The Morgan fingerprint density at radius 3 is 2.90 bits per heavy atom. The van der Waals surface area contributed by atoms with Gasteiger partial charge in [-0.25, -0.2) is 4.98 Å². The van der Waals surface area contributed by atoms with Crippen molar-refractivity contribution >= 4 is 5.91 Å². The van der Waals surface area contributed by atoms with Crippen LogP contribution in [0.1, 0.15) is 36.7 Å². The summed E-state index contributed by atoms with van der Waals surface area (Å²) in [5.41, 5.74) is 0.136. The normalized spacial score (nSPS) is 17.1. The van der Waals surface area contributed by atoms with Gasteiger partial charge in [-0.3, -0.25) is 4.79 Å². The van der Waals surface area contributed by atoms with Crippen LogP contribution in [0.2, 0.25) is 0 Å². The Hall–Kier alpha value is -1.49. The van der Waals surface area contributed by atoms with Gasteiger partial charge in [0.15, 0.2) is 0 Å². The van der Waals surface area contributed by atoms with E-state index < -0.39 is 5.95 Å².